The molecule has 0 aromatic heterocycles. The highest BCUT2D eigenvalue weighted by molar-refractivity contribution is 7.92. The van der Waals surface area contributed by atoms with E-state index in [0.29, 0.717) is 0 Å². The first-order chi connectivity index (χ1) is 11.5. The highest BCUT2D eigenvalue weighted by atomic mass is 32.2. The molecule has 134 valence electrons. The summed E-state index contributed by atoms with van der Waals surface area (Å²) in [4.78, 5) is 11.0. The van der Waals surface area contributed by atoms with Crippen LogP contribution in [0.25, 0.3) is 0 Å². The largest absolute Gasteiger partial charge is 0.573 e. The topological polar surface area (TPSA) is 89.7 Å². The van der Waals surface area contributed by atoms with Crippen LogP contribution < -0.4 is 14.8 Å². The lowest BCUT2D eigenvalue weighted by Crippen LogP contribution is -2.29. The first-order valence-electron chi connectivity index (χ1n) is 6.76. The lowest BCUT2D eigenvalue weighted by molar-refractivity contribution is -0.274. The molecule has 2 aromatic rings. The monoisotopic (exact) mass is 374 g/mol. The molecule has 25 heavy (non-hydrogen) atoms. The summed E-state index contributed by atoms with van der Waals surface area (Å²) in [6, 6.07) is 9.64. The Hall–Kier alpha value is -2.75. The number of hydrogen-bond donors (Lipinski definition) is 1. The lowest BCUT2D eigenvalue weighted by atomic mass is 10.2. The van der Waals surface area contributed by atoms with Gasteiger partial charge in [0.2, 0.25) is 0 Å². The maximum absolute atomic E-state index is 12.7. The minimum absolute atomic E-state index is 0.00265. The molecule has 2 aromatic carbocycles. The van der Waals surface area contributed by atoms with E-state index in [4.69, 9.17) is 5.73 Å². The van der Waals surface area contributed by atoms with Gasteiger partial charge in [-0.3, -0.25) is 9.10 Å². The Kier molecular flexibility index (Phi) is 4.93. The highest BCUT2D eigenvalue weighted by Crippen LogP contribution is 2.29. The second-order valence-corrected chi connectivity index (χ2v) is 6.85. The van der Waals surface area contributed by atoms with Crippen molar-refractivity contribution in [2.24, 2.45) is 5.73 Å². The molecule has 0 aliphatic carbocycles. The van der Waals surface area contributed by atoms with Gasteiger partial charge in [-0.15, -0.1) is 13.2 Å². The number of hydrogen-bond acceptors (Lipinski definition) is 4. The van der Waals surface area contributed by atoms with Crippen molar-refractivity contribution >= 4 is 21.6 Å². The predicted octanol–water partition coefficient (Wildman–Crippen LogP) is 2.51. The Bertz CT molecular complexity index is 898. The van der Waals surface area contributed by atoms with E-state index in [-0.39, 0.29) is 11.3 Å². The lowest BCUT2D eigenvalue weighted by Gasteiger charge is -2.21. The molecule has 0 unspecified atom stereocenters. The molecule has 10 heteroatoms. The van der Waals surface area contributed by atoms with Gasteiger partial charge in [0.15, 0.2) is 0 Å². The fourth-order valence-electron chi connectivity index (χ4n) is 2.08. The minimum atomic E-state index is -4.95. The van der Waals surface area contributed by atoms with Crippen LogP contribution >= 0.6 is 0 Å². The van der Waals surface area contributed by atoms with Crippen LogP contribution in [0.1, 0.15) is 10.4 Å². The first kappa shape index (κ1) is 18.6. The molecule has 6 nitrogen and oxygen atoms in total. The van der Waals surface area contributed by atoms with Gasteiger partial charge in [-0.25, -0.2) is 8.42 Å². The van der Waals surface area contributed by atoms with E-state index < -0.39 is 32.9 Å². The van der Waals surface area contributed by atoms with E-state index in [9.17, 15) is 26.4 Å². The number of nitrogens with two attached hydrogens (primary N) is 1. The summed E-state index contributed by atoms with van der Waals surface area (Å²) < 4.78 is 66.7. The van der Waals surface area contributed by atoms with E-state index >= 15 is 0 Å². The van der Waals surface area contributed by atoms with Crippen LogP contribution in [0.15, 0.2) is 53.4 Å². The zero-order chi connectivity index (χ0) is 18.8. The minimum Gasteiger partial charge on any atom is -0.406 e. The third-order valence-electron chi connectivity index (χ3n) is 3.21. The fraction of sp³-hybridized carbons (Fsp3) is 0.133. The Morgan fingerprint density at radius 1 is 1.12 bits per heavy atom. The quantitative estimate of drug-likeness (QED) is 0.871. The van der Waals surface area contributed by atoms with E-state index in [1.54, 1.807) is 0 Å². The standard InChI is InChI=1S/C15H13F3N2O4S/c1-20(13-8-3-2-7-12(13)14(19)21)25(22,23)11-6-4-5-10(9-11)24-15(16,17)18/h2-9H,1H3,(H2,19,21). The summed E-state index contributed by atoms with van der Waals surface area (Å²) in [5.74, 6) is -1.52. The van der Waals surface area contributed by atoms with Crippen molar-refractivity contribution < 1.29 is 31.1 Å². The van der Waals surface area contributed by atoms with E-state index in [2.05, 4.69) is 4.74 Å². The summed E-state index contributed by atoms with van der Waals surface area (Å²) in [6.07, 6.45) is -4.95. The van der Waals surface area contributed by atoms with Crippen LogP contribution in [-0.2, 0) is 10.0 Å². The molecule has 0 aliphatic rings. The second-order valence-electron chi connectivity index (χ2n) is 4.88. The summed E-state index contributed by atoms with van der Waals surface area (Å²) in [7, 11) is -3.09. The summed E-state index contributed by atoms with van der Waals surface area (Å²) >= 11 is 0. The van der Waals surface area contributed by atoms with Crippen LogP contribution in [0.5, 0.6) is 5.75 Å². The van der Waals surface area contributed by atoms with Gasteiger partial charge in [0.25, 0.3) is 15.9 Å². The molecule has 0 spiro atoms. The number of halogens is 3. The van der Waals surface area contributed by atoms with Gasteiger partial charge in [0, 0.05) is 13.1 Å². The molecule has 0 bridgehead atoms. The van der Waals surface area contributed by atoms with Crippen LogP contribution in [0.4, 0.5) is 18.9 Å². The highest BCUT2D eigenvalue weighted by Gasteiger charge is 2.32. The molecule has 0 fully saturated rings. The molecule has 0 heterocycles. The first-order valence-corrected chi connectivity index (χ1v) is 8.20. The number of primary amides is 1. The van der Waals surface area contributed by atoms with Crippen LogP contribution in [0.2, 0.25) is 0 Å². The Morgan fingerprint density at radius 2 is 1.76 bits per heavy atom. The number of sulfonamides is 1. The molecule has 2 rings (SSSR count). The van der Waals surface area contributed by atoms with Gasteiger partial charge in [-0.05, 0) is 24.3 Å². The van der Waals surface area contributed by atoms with E-state index in [1.807, 2.05) is 0 Å². The molecule has 0 atom stereocenters. The number of para-hydroxylation sites is 1. The van der Waals surface area contributed by atoms with Crippen molar-refractivity contribution in [2.75, 3.05) is 11.4 Å². The Morgan fingerprint density at radius 3 is 2.36 bits per heavy atom. The van der Waals surface area contributed by atoms with E-state index in [0.717, 1.165) is 35.6 Å². The number of carbonyl (C=O) groups excluding carboxylic acids is 1. The Balaban J connectivity index is 2.46. The maximum atomic E-state index is 12.7. The van der Waals surface area contributed by atoms with Gasteiger partial charge in [0.1, 0.15) is 5.75 Å². The fourth-order valence-corrected chi connectivity index (χ4v) is 3.33. The van der Waals surface area contributed by atoms with Crippen molar-refractivity contribution in [1.82, 2.24) is 0 Å². The molecule has 1 amide bonds. The molecular weight excluding hydrogens is 361 g/mol. The number of ether oxygens (including phenoxy) is 1. The number of carbonyl (C=O) groups is 1. The van der Waals surface area contributed by atoms with Crippen molar-refractivity contribution in [2.45, 2.75) is 11.3 Å². The van der Waals surface area contributed by atoms with E-state index in [1.165, 1.54) is 24.3 Å². The molecule has 0 aliphatic heterocycles. The molecule has 0 saturated carbocycles. The molecular formula is C15H13F3N2O4S. The SMILES string of the molecule is CN(c1ccccc1C(N)=O)S(=O)(=O)c1cccc(OC(F)(F)F)c1. The smallest absolute Gasteiger partial charge is 0.406 e. The second kappa shape index (κ2) is 6.63. The molecule has 0 radical (unpaired) electrons. The molecule has 0 saturated heterocycles. The van der Waals surface area contributed by atoms with Gasteiger partial charge in [0.05, 0.1) is 16.1 Å². The van der Waals surface area contributed by atoms with Gasteiger partial charge in [-0.1, -0.05) is 18.2 Å². The van der Waals surface area contributed by atoms with Crippen molar-refractivity contribution in [1.29, 1.82) is 0 Å². The normalized spacial score (nSPS) is 11.8. The number of nitrogens with zero attached hydrogens (tertiary/aromatic N) is 1. The average molecular weight is 374 g/mol. The number of amides is 1. The predicted molar refractivity (Wildman–Crippen MR) is 83.7 cm³/mol. The van der Waals surface area contributed by atoms with Gasteiger partial charge in [-0.2, -0.15) is 0 Å². The van der Waals surface area contributed by atoms with Crippen molar-refractivity contribution in [3.05, 3.63) is 54.1 Å². The maximum Gasteiger partial charge on any atom is 0.573 e. The van der Waals surface area contributed by atoms with Gasteiger partial charge >= 0.3 is 6.36 Å². The third kappa shape index (κ3) is 4.21. The van der Waals surface area contributed by atoms with Gasteiger partial charge < -0.3 is 10.5 Å². The average Bonchev–Trinajstić information content (AvgIpc) is 2.52. The van der Waals surface area contributed by atoms with Crippen LogP contribution in [0, 0.1) is 0 Å². The zero-order valence-electron chi connectivity index (χ0n) is 12.8. The Labute approximate surface area is 141 Å². The summed E-state index contributed by atoms with van der Waals surface area (Å²) in [5.41, 5.74) is 5.17. The van der Waals surface area contributed by atoms with Crippen LogP contribution in [-0.4, -0.2) is 27.7 Å². The van der Waals surface area contributed by atoms with Crippen molar-refractivity contribution in [3.63, 3.8) is 0 Å². The summed E-state index contributed by atoms with van der Waals surface area (Å²) in [6.45, 7) is 0. The molecule has 2 N–H and O–H groups in total. The number of benzene rings is 2. The number of rotatable bonds is 5. The third-order valence-corrected chi connectivity index (χ3v) is 4.97. The number of anilines is 1. The zero-order valence-corrected chi connectivity index (χ0v) is 13.6. The van der Waals surface area contributed by atoms with Crippen molar-refractivity contribution in [3.8, 4) is 5.75 Å². The summed E-state index contributed by atoms with van der Waals surface area (Å²) in [5, 5.41) is 0. The van der Waals surface area contributed by atoms with Crippen LogP contribution in [0.3, 0.4) is 0 Å². The number of alkyl halides is 3.